The zero-order valence-corrected chi connectivity index (χ0v) is 11.8. The molecule has 1 fully saturated rings. The van der Waals surface area contributed by atoms with E-state index in [0.717, 1.165) is 24.1 Å². The normalized spacial score (nSPS) is 24.2. The highest BCUT2D eigenvalue weighted by Crippen LogP contribution is 2.27. The second-order valence-corrected chi connectivity index (χ2v) is 5.45. The second kappa shape index (κ2) is 5.61. The highest BCUT2D eigenvalue weighted by molar-refractivity contribution is 5.94. The summed E-state index contributed by atoms with van der Waals surface area (Å²) in [6, 6.07) is 6.22. The molecule has 104 valence electrons. The molecule has 1 aliphatic heterocycles. The molecule has 1 saturated heterocycles. The van der Waals surface area contributed by atoms with E-state index < -0.39 is 5.97 Å². The lowest BCUT2D eigenvalue weighted by molar-refractivity contribution is 0.0696. The SMILES string of the molecule is Cc1cccc(C(=O)O)c1NN1C(C)CCCC1C. The van der Waals surface area contributed by atoms with Crippen LogP contribution in [0.3, 0.4) is 0 Å². The summed E-state index contributed by atoms with van der Waals surface area (Å²) in [4.78, 5) is 11.3. The van der Waals surface area contributed by atoms with Crippen molar-refractivity contribution in [2.75, 3.05) is 5.43 Å². The van der Waals surface area contributed by atoms with Gasteiger partial charge in [0.15, 0.2) is 0 Å². The van der Waals surface area contributed by atoms with Crippen LogP contribution in [0.25, 0.3) is 0 Å². The third kappa shape index (κ3) is 2.89. The van der Waals surface area contributed by atoms with Gasteiger partial charge in [0.1, 0.15) is 0 Å². The minimum atomic E-state index is -0.886. The molecule has 0 amide bonds. The quantitative estimate of drug-likeness (QED) is 0.877. The maximum Gasteiger partial charge on any atom is 0.337 e. The Balaban J connectivity index is 2.29. The molecule has 0 bridgehead atoms. The van der Waals surface area contributed by atoms with Crippen molar-refractivity contribution in [2.45, 2.75) is 52.1 Å². The molecule has 4 nitrogen and oxygen atoms in total. The Labute approximate surface area is 114 Å². The van der Waals surface area contributed by atoms with Gasteiger partial charge in [0, 0.05) is 12.1 Å². The molecule has 19 heavy (non-hydrogen) atoms. The van der Waals surface area contributed by atoms with Crippen LogP contribution in [-0.2, 0) is 0 Å². The van der Waals surface area contributed by atoms with Crippen molar-refractivity contribution in [2.24, 2.45) is 0 Å². The number of aromatic carboxylic acids is 1. The summed E-state index contributed by atoms with van der Waals surface area (Å²) in [6.45, 7) is 6.30. The minimum absolute atomic E-state index is 0.338. The molecule has 2 unspecified atom stereocenters. The zero-order valence-electron chi connectivity index (χ0n) is 11.8. The number of hydrogen-bond donors (Lipinski definition) is 2. The van der Waals surface area contributed by atoms with Crippen LogP contribution < -0.4 is 5.43 Å². The Kier molecular flexibility index (Phi) is 4.10. The van der Waals surface area contributed by atoms with E-state index in [0.29, 0.717) is 17.6 Å². The first-order chi connectivity index (χ1) is 9.00. The lowest BCUT2D eigenvalue weighted by Gasteiger charge is -2.40. The van der Waals surface area contributed by atoms with Crippen molar-refractivity contribution in [3.05, 3.63) is 29.3 Å². The summed E-state index contributed by atoms with van der Waals surface area (Å²) in [6.07, 6.45) is 3.53. The molecule has 0 saturated carbocycles. The summed E-state index contributed by atoms with van der Waals surface area (Å²) in [5.41, 5.74) is 5.37. The molecule has 1 aromatic carbocycles. The highest BCUT2D eigenvalue weighted by Gasteiger charge is 2.26. The second-order valence-electron chi connectivity index (χ2n) is 5.45. The van der Waals surface area contributed by atoms with Crippen LogP contribution in [0.1, 0.15) is 49.0 Å². The fourth-order valence-corrected chi connectivity index (χ4v) is 2.77. The number of carbonyl (C=O) groups is 1. The van der Waals surface area contributed by atoms with Crippen molar-refractivity contribution in [3.8, 4) is 0 Å². The molecule has 0 spiro atoms. The van der Waals surface area contributed by atoms with E-state index in [1.165, 1.54) is 6.42 Å². The van der Waals surface area contributed by atoms with E-state index in [-0.39, 0.29) is 0 Å². The number of nitrogens with zero attached hydrogens (tertiary/aromatic N) is 1. The molecule has 2 N–H and O–H groups in total. The summed E-state index contributed by atoms with van der Waals surface area (Å²) < 4.78 is 0. The number of para-hydroxylation sites is 1. The number of hydrazine groups is 1. The fraction of sp³-hybridized carbons (Fsp3) is 0.533. The van der Waals surface area contributed by atoms with Crippen molar-refractivity contribution in [1.29, 1.82) is 0 Å². The summed E-state index contributed by atoms with van der Waals surface area (Å²) in [5.74, 6) is -0.886. The number of benzene rings is 1. The van der Waals surface area contributed by atoms with Crippen LogP contribution in [0.4, 0.5) is 5.69 Å². The molecular formula is C15H22N2O2. The summed E-state index contributed by atoms with van der Waals surface area (Å²) in [7, 11) is 0. The first kappa shape index (κ1) is 13.9. The average molecular weight is 262 g/mol. The summed E-state index contributed by atoms with van der Waals surface area (Å²) >= 11 is 0. The third-order valence-electron chi connectivity index (χ3n) is 3.94. The minimum Gasteiger partial charge on any atom is -0.478 e. The lowest BCUT2D eigenvalue weighted by Crippen LogP contribution is -2.47. The monoisotopic (exact) mass is 262 g/mol. The van der Waals surface area contributed by atoms with Crippen LogP contribution in [0, 0.1) is 6.92 Å². The first-order valence-corrected chi connectivity index (χ1v) is 6.88. The Morgan fingerprint density at radius 3 is 2.53 bits per heavy atom. The maximum absolute atomic E-state index is 11.3. The Morgan fingerprint density at radius 2 is 1.95 bits per heavy atom. The van der Waals surface area contributed by atoms with Crippen molar-refractivity contribution in [3.63, 3.8) is 0 Å². The number of carboxylic acids is 1. The number of carboxylic acid groups (broad SMARTS) is 1. The molecule has 1 heterocycles. The van der Waals surface area contributed by atoms with Crippen LogP contribution in [0.5, 0.6) is 0 Å². The van der Waals surface area contributed by atoms with Gasteiger partial charge < -0.3 is 10.5 Å². The van der Waals surface area contributed by atoms with Gasteiger partial charge in [-0.3, -0.25) is 0 Å². The number of hydrogen-bond acceptors (Lipinski definition) is 3. The van der Waals surface area contributed by atoms with Gasteiger partial charge in [-0.05, 0) is 45.2 Å². The maximum atomic E-state index is 11.3. The largest absolute Gasteiger partial charge is 0.478 e. The van der Waals surface area contributed by atoms with Gasteiger partial charge in [-0.1, -0.05) is 18.6 Å². The Hall–Kier alpha value is -1.55. The van der Waals surface area contributed by atoms with Crippen LogP contribution in [-0.4, -0.2) is 28.2 Å². The molecule has 0 aromatic heterocycles. The number of aryl methyl sites for hydroxylation is 1. The van der Waals surface area contributed by atoms with Gasteiger partial charge in [0.2, 0.25) is 0 Å². The molecule has 1 aliphatic rings. The smallest absolute Gasteiger partial charge is 0.337 e. The molecule has 0 radical (unpaired) electrons. The van der Waals surface area contributed by atoms with Crippen LogP contribution in [0.15, 0.2) is 18.2 Å². The molecule has 2 atom stereocenters. The van der Waals surface area contributed by atoms with Crippen molar-refractivity contribution in [1.82, 2.24) is 5.01 Å². The van der Waals surface area contributed by atoms with Gasteiger partial charge in [-0.2, -0.15) is 0 Å². The molecule has 1 aromatic rings. The van der Waals surface area contributed by atoms with E-state index in [1.807, 2.05) is 13.0 Å². The Morgan fingerprint density at radius 1 is 1.32 bits per heavy atom. The molecular weight excluding hydrogens is 240 g/mol. The third-order valence-corrected chi connectivity index (χ3v) is 3.94. The van der Waals surface area contributed by atoms with E-state index >= 15 is 0 Å². The van der Waals surface area contributed by atoms with Crippen LogP contribution in [0.2, 0.25) is 0 Å². The van der Waals surface area contributed by atoms with E-state index in [2.05, 4.69) is 24.3 Å². The van der Waals surface area contributed by atoms with Gasteiger partial charge >= 0.3 is 5.97 Å². The topological polar surface area (TPSA) is 52.6 Å². The summed E-state index contributed by atoms with van der Waals surface area (Å²) in [5, 5.41) is 11.5. The van der Waals surface area contributed by atoms with Crippen molar-refractivity contribution < 1.29 is 9.90 Å². The number of piperidine rings is 1. The highest BCUT2D eigenvalue weighted by atomic mass is 16.4. The first-order valence-electron chi connectivity index (χ1n) is 6.88. The molecule has 2 rings (SSSR count). The Bertz CT molecular complexity index is 463. The van der Waals surface area contributed by atoms with Gasteiger partial charge in [-0.25, -0.2) is 9.80 Å². The number of nitrogens with one attached hydrogen (secondary N) is 1. The zero-order chi connectivity index (χ0) is 14.0. The predicted octanol–water partition coefficient (Wildman–Crippen LogP) is 3.28. The fourth-order valence-electron chi connectivity index (χ4n) is 2.77. The van der Waals surface area contributed by atoms with Crippen molar-refractivity contribution >= 4 is 11.7 Å². The molecule has 4 heteroatoms. The van der Waals surface area contributed by atoms with Crippen LogP contribution >= 0.6 is 0 Å². The predicted molar refractivity (Wildman–Crippen MR) is 76.4 cm³/mol. The van der Waals surface area contributed by atoms with Gasteiger partial charge in [-0.15, -0.1) is 0 Å². The van der Waals surface area contributed by atoms with E-state index in [9.17, 15) is 9.90 Å². The van der Waals surface area contributed by atoms with Gasteiger partial charge in [0.05, 0.1) is 11.3 Å². The number of rotatable bonds is 3. The standard InChI is InChI=1S/C15H22N2O2/c1-10-6-4-9-13(15(18)19)14(10)16-17-11(2)7-5-8-12(17)3/h4,6,9,11-12,16H,5,7-8H2,1-3H3,(H,18,19). The number of anilines is 1. The molecule has 0 aliphatic carbocycles. The van der Waals surface area contributed by atoms with E-state index in [4.69, 9.17) is 0 Å². The van der Waals surface area contributed by atoms with Gasteiger partial charge in [0.25, 0.3) is 0 Å². The lowest BCUT2D eigenvalue weighted by atomic mass is 9.99. The van der Waals surface area contributed by atoms with E-state index in [1.54, 1.807) is 12.1 Å². The average Bonchev–Trinajstić information content (AvgIpc) is 2.35.